The number of carboxylic acid groups (broad SMARTS) is 2. The third-order valence-electron chi connectivity index (χ3n) is 4.18. The van der Waals surface area contributed by atoms with Gasteiger partial charge in [0.05, 0.1) is 14.2 Å². The van der Waals surface area contributed by atoms with Crippen LogP contribution in [-0.4, -0.2) is 53.8 Å². The van der Waals surface area contributed by atoms with Crippen LogP contribution in [0.2, 0.25) is 0 Å². The van der Waals surface area contributed by atoms with Gasteiger partial charge in [0.15, 0.2) is 11.5 Å². The number of fused-ring (bicyclic) bond motifs is 1. The summed E-state index contributed by atoms with van der Waals surface area (Å²) in [6.07, 6.45) is 2.76. The molecule has 0 aliphatic rings. The largest absolute Gasteiger partial charge is 0.493 e. The van der Waals surface area contributed by atoms with Gasteiger partial charge in [-0.25, -0.2) is 9.59 Å². The minimum Gasteiger partial charge on any atom is -0.493 e. The van der Waals surface area contributed by atoms with E-state index >= 15 is 0 Å². The van der Waals surface area contributed by atoms with Gasteiger partial charge in [0.25, 0.3) is 5.91 Å². The molecule has 0 aliphatic carbocycles. The minimum absolute atomic E-state index is 0.129. The van der Waals surface area contributed by atoms with Gasteiger partial charge in [0.1, 0.15) is 0 Å². The first-order valence-electron chi connectivity index (χ1n) is 8.88. The van der Waals surface area contributed by atoms with E-state index in [1.54, 1.807) is 32.4 Å². The van der Waals surface area contributed by atoms with Crippen LogP contribution in [-0.2, 0) is 16.0 Å². The highest BCUT2D eigenvalue weighted by Crippen LogP contribution is 2.27. The second kappa shape index (κ2) is 10.5. The smallest absolute Gasteiger partial charge is 0.414 e. The zero-order valence-corrected chi connectivity index (χ0v) is 16.5. The first-order valence-corrected chi connectivity index (χ1v) is 8.88. The minimum atomic E-state index is -1.82. The second-order valence-corrected chi connectivity index (χ2v) is 6.05. The SMILES string of the molecule is COc1ccc(C(=O)NCCc2c[nH]c3ccccc23)cc1OC.O=C(O)C(=O)O. The predicted octanol–water partition coefficient (Wildman–Crippen LogP) is 2.31. The molecule has 0 aliphatic heterocycles. The molecule has 0 bridgehead atoms. The fourth-order valence-corrected chi connectivity index (χ4v) is 2.73. The summed E-state index contributed by atoms with van der Waals surface area (Å²) in [4.78, 5) is 33.7. The van der Waals surface area contributed by atoms with Crippen molar-refractivity contribution in [2.24, 2.45) is 0 Å². The van der Waals surface area contributed by atoms with E-state index in [4.69, 9.17) is 29.3 Å². The van der Waals surface area contributed by atoms with Crippen LogP contribution in [0.25, 0.3) is 10.9 Å². The highest BCUT2D eigenvalue weighted by molar-refractivity contribution is 6.27. The van der Waals surface area contributed by atoms with E-state index in [2.05, 4.69) is 16.4 Å². The quantitative estimate of drug-likeness (QED) is 0.454. The molecule has 0 saturated carbocycles. The molecule has 30 heavy (non-hydrogen) atoms. The number of ether oxygens (including phenoxy) is 2. The summed E-state index contributed by atoms with van der Waals surface area (Å²) < 4.78 is 10.4. The molecule has 9 heteroatoms. The Morgan fingerprint density at radius 2 is 1.63 bits per heavy atom. The highest BCUT2D eigenvalue weighted by atomic mass is 16.5. The number of rotatable bonds is 6. The highest BCUT2D eigenvalue weighted by Gasteiger charge is 2.11. The van der Waals surface area contributed by atoms with Crippen LogP contribution >= 0.6 is 0 Å². The van der Waals surface area contributed by atoms with E-state index in [0.29, 0.717) is 23.6 Å². The number of aliphatic carboxylic acids is 2. The van der Waals surface area contributed by atoms with Gasteiger partial charge >= 0.3 is 11.9 Å². The van der Waals surface area contributed by atoms with Gasteiger partial charge in [-0.05, 0) is 36.2 Å². The third kappa shape index (κ3) is 5.74. The normalized spacial score (nSPS) is 9.93. The number of hydrogen-bond donors (Lipinski definition) is 4. The number of aromatic nitrogens is 1. The maximum atomic E-state index is 12.3. The van der Waals surface area contributed by atoms with Gasteiger partial charge in [0.2, 0.25) is 0 Å². The standard InChI is InChI=1S/C19H20N2O3.C2H2O4/c1-23-17-8-7-13(11-18(17)24-2)19(22)20-10-9-14-12-21-16-6-4-3-5-15(14)16;3-1(4)2(5)6/h3-8,11-12,21H,9-10H2,1-2H3,(H,20,22);(H,3,4)(H,5,6). The number of para-hydroxylation sites is 1. The van der Waals surface area contributed by atoms with Gasteiger partial charge in [-0.15, -0.1) is 0 Å². The maximum absolute atomic E-state index is 12.3. The molecule has 1 amide bonds. The van der Waals surface area contributed by atoms with Crippen molar-refractivity contribution in [3.63, 3.8) is 0 Å². The first kappa shape index (κ1) is 22.3. The molecule has 0 saturated heterocycles. The summed E-state index contributed by atoms with van der Waals surface area (Å²) in [6.45, 7) is 0.565. The molecule has 1 heterocycles. The predicted molar refractivity (Wildman–Crippen MR) is 109 cm³/mol. The number of hydrogen-bond acceptors (Lipinski definition) is 5. The molecular weight excluding hydrogens is 392 g/mol. The number of H-pyrrole nitrogens is 1. The summed E-state index contributed by atoms with van der Waals surface area (Å²) in [6, 6.07) is 13.3. The summed E-state index contributed by atoms with van der Waals surface area (Å²) >= 11 is 0. The third-order valence-corrected chi connectivity index (χ3v) is 4.18. The summed E-state index contributed by atoms with van der Waals surface area (Å²) in [7, 11) is 3.12. The van der Waals surface area contributed by atoms with E-state index in [9.17, 15) is 4.79 Å². The van der Waals surface area contributed by atoms with Crippen molar-refractivity contribution in [1.29, 1.82) is 0 Å². The van der Waals surface area contributed by atoms with Gasteiger partial charge < -0.3 is 30.0 Å². The van der Waals surface area contributed by atoms with Crippen LogP contribution in [0.4, 0.5) is 0 Å². The fourth-order valence-electron chi connectivity index (χ4n) is 2.73. The fraction of sp³-hybridized carbons (Fsp3) is 0.190. The van der Waals surface area contributed by atoms with Crippen molar-refractivity contribution in [2.45, 2.75) is 6.42 Å². The van der Waals surface area contributed by atoms with Crippen molar-refractivity contribution in [3.8, 4) is 11.5 Å². The topological polar surface area (TPSA) is 138 Å². The lowest BCUT2D eigenvalue weighted by atomic mass is 10.1. The molecule has 9 nitrogen and oxygen atoms in total. The molecule has 0 radical (unpaired) electrons. The lowest BCUT2D eigenvalue weighted by molar-refractivity contribution is -0.159. The number of aromatic amines is 1. The first-order chi connectivity index (χ1) is 14.4. The van der Waals surface area contributed by atoms with Crippen LogP contribution in [0.15, 0.2) is 48.7 Å². The van der Waals surface area contributed by atoms with Gasteiger partial charge in [0, 0.05) is 29.2 Å². The Bertz CT molecular complexity index is 1030. The molecule has 1 aromatic heterocycles. The Hall–Kier alpha value is -4.01. The monoisotopic (exact) mass is 414 g/mol. The molecule has 158 valence electrons. The molecule has 0 unspecified atom stereocenters. The zero-order valence-electron chi connectivity index (χ0n) is 16.5. The van der Waals surface area contributed by atoms with Crippen LogP contribution in [0.5, 0.6) is 11.5 Å². The summed E-state index contributed by atoms with van der Waals surface area (Å²) in [5.74, 6) is -2.63. The number of amides is 1. The molecule has 3 aromatic rings. The number of carbonyl (C=O) groups excluding carboxylic acids is 1. The van der Waals surface area contributed by atoms with Crippen molar-refractivity contribution in [2.75, 3.05) is 20.8 Å². The molecule has 4 N–H and O–H groups in total. The van der Waals surface area contributed by atoms with E-state index in [1.807, 2.05) is 24.4 Å². The number of methoxy groups -OCH3 is 2. The van der Waals surface area contributed by atoms with Crippen molar-refractivity contribution >= 4 is 28.7 Å². The van der Waals surface area contributed by atoms with E-state index in [-0.39, 0.29) is 5.91 Å². The lowest BCUT2D eigenvalue weighted by Gasteiger charge is -2.10. The summed E-state index contributed by atoms with van der Waals surface area (Å²) in [5, 5.41) is 18.9. The number of nitrogens with one attached hydrogen (secondary N) is 2. The second-order valence-electron chi connectivity index (χ2n) is 6.05. The molecule has 0 fully saturated rings. The van der Waals surface area contributed by atoms with Gasteiger partial charge in [-0.1, -0.05) is 18.2 Å². The van der Waals surface area contributed by atoms with E-state index < -0.39 is 11.9 Å². The average Bonchev–Trinajstić information content (AvgIpc) is 3.16. The maximum Gasteiger partial charge on any atom is 0.414 e. The number of carbonyl (C=O) groups is 3. The van der Waals surface area contributed by atoms with Crippen molar-refractivity contribution < 1.29 is 34.1 Å². The Kier molecular flexibility index (Phi) is 7.81. The van der Waals surface area contributed by atoms with Crippen molar-refractivity contribution in [1.82, 2.24) is 10.3 Å². The van der Waals surface area contributed by atoms with Crippen LogP contribution in [0.1, 0.15) is 15.9 Å². The van der Waals surface area contributed by atoms with E-state index in [0.717, 1.165) is 11.9 Å². The Morgan fingerprint density at radius 3 is 2.27 bits per heavy atom. The number of carboxylic acids is 2. The lowest BCUT2D eigenvalue weighted by Crippen LogP contribution is -2.25. The Morgan fingerprint density at radius 1 is 0.967 bits per heavy atom. The molecule has 0 spiro atoms. The van der Waals surface area contributed by atoms with Gasteiger partial charge in [-0.3, -0.25) is 4.79 Å². The van der Waals surface area contributed by atoms with Crippen LogP contribution in [0.3, 0.4) is 0 Å². The Labute approximate surface area is 172 Å². The summed E-state index contributed by atoms with van der Waals surface area (Å²) in [5.41, 5.74) is 2.85. The van der Waals surface area contributed by atoms with Crippen molar-refractivity contribution in [3.05, 3.63) is 59.8 Å². The van der Waals surface area contributed by atoms with Crippen LogP contribution in [0, 0.1) is 0 Å². The Balaban J connectivity index is 0.000000469. The number of benzene rings is 2. The van der Waals surface area contributed by atoms with Crippen LogP contribution < -0.4 is 14.8 Å². The molecule has 2 aromatic carbocycles. The average molecular weight is 414 g/mol. The molecular formula is C21H22N2O7. The molecule has 3 rings (SSSR count). The zero-order chi connectivity index (χ0) is 22.1. The van der Waals surface area contributed by atoms with Gasteiger partial charge in [-0.2, -0.15) is 0 Å². The molecule has 0 atom stereocenters. The van der Waals surface area contributed by atoms with E-state index in [1.165, 1.54) is 10.9 Å².